The molecule has 0 spiro atoms. The largest absolute Gasteiger partial charge is 0.274 e. The van der Waals surface area contributed by atoms with Crippen LogP contribution >= 0.6 is 0 Å². The van der Waals surface area contributed by atoms with Crippen LogP contribution in [0.5, 0.6) is 0 Å². The Morgan fingerprint density at radius 1 is 1.42 bits per heavy atom. The summed E-state index contributed by atoms with van der Waals surface area (Å²) in [7, 11) is -3.53. The fourth-order valence-electron chi connectivity index (χ4n) is 1.10. The van der Waals surface area contributed by atoms with E-state index in [1.807, 2.05) is 6.92 Å². The van der Waals surface area contributed by atoms with Gasteiger partial charge in [-0.15, -0.1) is 0 Å². The molecule has 2 atom stereocenters. The Morgan fingerprint density at radius 2 is 1.92 bits per heavy atom. The highest BCUT2D eigenvalue weighted by molar-refractivity contribution is 7.87. The molecule has 0 aromatic heterocycles. The maximum atomic E-state index is 10.6. The van der Waals surface area contributed by atoms with E-state index in [1.165, 1.54) is 0 Å². The van der Waals surface area contributed by atoms with Gasteiger partial charge in [0, 0.05) is 6.04 Å². The molecular formula is C7H18N2O2S. The molecule has 0 heterocycles. The van der Waals surface area contributed by atoms with Gasteiger partial charge in [-0.05, 0) is 19.3 Å². The first-order valence-corrected chi connectivity index (χ1v) is 5.69. The molecule has 0 saturated carbocycles. The van der Waals surface area contributed by atoms with Gasteiger partial charge >= 0.3 is 0 Å². The van der Waals surface area contributed by atoms with Crippen molar-refractivity contribution in [3.63, 3.8) is 0 Å². The van der Waals surface area contributed by atoms with Crippen LogP contribution in [0.1, 0.15) is 33.6 Å². The van der Waals surface area contributed by atoms with Gasteiger partial charge in [-0.3, -0.25) is 0 Å². The van der Waals surface area contributed by atoms with Gasteiger partial charge in [-0.25, -0.2) is 5.14 Å². The SMILES string of the molecule is CCC(C)CC(C)NS(N)(=O)=O. The van der Waals surface area contributed by atoms with E-state index in [-0.39, 0.29) is 6.04 Å². The topological polar surface area (TPSA) is 72.2 Å². The van der Waals surface area contributed by atoms with E-state index in [9.17, 15) is 8.42 Å². The molecule has 0 rings (SSSR count). The van der Waals surface area contributed by atoms with Crippen molar-refractivity contribution in [2.24, 2.45) is 11.1 Å². The third-order valence-electron chi connectivity index (χ3n) is 1.82. The zero-order valence-corrected chi connectivity index (χ0v) is 8.69. The molecule has 0 saturated heterocycles. The predicted octanol–water partition coefficient (Wildman–Crippen LogP) is 0.604. The van der Waals surface area contributed by atoms with Crippen LogP contribution in [0, 0.1) is 5.92 Å². The van der Waals surface area contributed by atoms with E-state index < -0.39 is 10.2 Å². The molecule has 0 bridgehead atoms. The number of hydrogen-bond donors (Lipinski definition) is 2. The lowest BCUT2D eigenvalue weighted by molar-refractivity contribution is 0.446. The second-order valence-electron chi connectivity index (χ2n) is 3.31. The standard InChI is InChI=1S/C7H18N2O2S/c1-4-6(2)5-7(3)9-12(8,10)11/h6-7,9H,4-5H2,1-3H3,(H2,8,10,11). The van der Waals surface area contributed by atoms with Crippen LogP contribution in [0.25, 0.3) is 0 Å². The minimum Gasteiger partial charge on any atom is -0.216 e. The minimum absolute atomic E-state index is 0.0741. The number of nitrogens with one attached hydrogen (secondary N) is 1. The average molecular weight is 194 g/mol. The van der Waals surface area contributed by atoms with Crippen molar-refractivity contribution >= 4 is 10.2 Å². The van der Waals surface area contributed by atoms with Gasteiger partial charge in [0.15, 0.2) is 0 Å². The highest BCUT2D eigenvalue weighted by Gasteiger charge is 2.11. The number of nitrogens with two attached hydrogens (primary N) is 1. The maximum absolute atomic E-state index is 10.6. The monoisotopic (exact) mass is 194 g/mol. The summed E-state index contributed by atoms with van der Waals surface area (Å²) < 4.78 is 23.5. The summed E-state index contributed by atoms with van der Waals surface area (Å²) in [5.41, 5.74) is 0. The first kappa shape index (κ1) is 11.9. The Hall–Kier alpha value is -0.130. The lowest BCUT2D eigenvalue weighted by Crippen LogP contribution is -2.38. The van der Waals surface area contributed by atoms with Gasteiger partial charge < -0.3 is 0 Å². The van der Waals surface area contributed by atoms with Crippen LogP contribution in [0.15, 0.2) is 0 Å². The Morgan fingerprint density at radius 3 is 2.25 bits per heavy atom. The average Bonchev–Trinajstić information content (AvgIpc) is 1.82. The number of hydrogen-bond acceptors (Lipinski definition) is 2. The smallest absolute Gasteiger partial charge is 0.216 e. The van der Waals surface area contributed by atoms with E-state index in [0.717, 1.165) is 12.8 Å². The van der Waals surface area contributed by atoms with Crippen molar-refractivity contribution in [1.29, 1.82) is 0 Å². The molecule has 0 aliphatic rings. The molecule has 0 radical (unpaired) electrons. The second kappa shape index (κ2) is 4.79. The molecule has 74 valence electrons. The summed E-state index contributed by atoms with van der Waals surface area (Å²) in [5.74, 6) is 0.522. The van der Waals surface area contributed by atoms with E-state index in [0.29, 0.717) is 5.92 Å². The van der Waals surface area contributed by atoms with Crippen molar-refractivity contribution in [2.75, 3.05) is 0 Å². The first-order chi connectivity index (χ1) is 5.35. The van der Waals surface area contributed by atoms with Gasteiger partial charge in [0.2, 0.25) is 0 Å². The second-order valence-corrected chi connectivity index (χ2v) is 4.64. The molecule has 0 aliphatic heterocycles. The van der Waals surface area contributed by atoms with Gasteiger partial charge in [-0.2, -0.15) is 13.1 Å². The Labute approximate surface area is 74.7 Å². The molecule has 0 aromatic rings. The summed E-state index contributed by atoms with van der Waals surface area (Å²) in [6, 6.07) is -0.0741. The lowest BCUT2D eigenvalue weighted by Gasteiger charge is -2.15. The van der Waals surface area contributed by atoms with Crippen LogP contribution in [0.2, 0.25) is 0 Å². The van der Waals surface area contributed by atoms with Crippen LogP contribution in [0.3, 0.4) is 0 Å². The van der Waals surface area contributed by atoms with E-state index in [2.05, 4.69) is 18.6 Å². The van der Waals surface area contributed by atoms with Crippen molar-refractivity contribution in [3.05, 3.63) is 0 Å². The van der Waals surface area contributed by atoms with E-state index in [1.54, 1.807) is 0 Å². The molecule has 12 heavy (non-hydrogen) atoms. The third kappa shape index (κ3) is 6.57. The lowest BCUT2D eigenvalue weighted by atomic mass is 10.0. The molecule has 4 nitrogen and oxygen atoms in total. The Bertz CT molecular complexity index is 213. The zero-order chi connectivity index (χ0) is 9.78. The summed E-state index contributed by atoms with van der Waals surface area (Å²) in [6.07, 6.45) is 1.88. The zero-order valence-electron chi connectivity index (χ0n) is 7.87. The molecule has 5 heteroatoms. The van der Waals surface area contributed by atoms with Gasteiger partial charge in [0.05, 0.1) is 0 Å². The van der Waals surface area contributed by atoms with E-state index >= 15 is 0 Å². The van der Waals surface area contributed by atoms with Gasteiger partial charge in [-0.1, -0.05) is 20.3 Å². The normalized spacial score (nSPS) is 17.3. The summed E-state index contributed by atoms with van der Waals surface area (Å²) in [5, 5.41) is 4.81. The van der Waals surface area contributed by atoms with Crippen molar-refractivity contribution < 1.29 is 8.42 Å². The van der Waals surface area contributed by atoms with Crippen LogP contribution in [-0.4, -0.2) is 14.5 Å². The predicted molar refractivity (Wildman–Crippen MR) is 49.8 cm³/mol. The fourth-order valence-corrected chi connectivity index (χ4v) is 1.76. The summed E-state index contributed by atoms with van der Waals surface area (Å²) >= 11 is 0. The highest BCUT2D eigenvalue weighted by atomic mass is 32.2. The number of rotatable bonds is 5. The highest BCUT2D eigenvalue weighted by Crippen LogP contribution is 2.09. The quantitative estimate of drug-likeness (QED) is 0.673. The Balaban J connectivity index is 3.82. The van der Waals surface area contributed by atoms with Crippen molar-refractivity contribution in [2.45, 2.75) is 39.7 Å². The van der Waals surface area contributed by atoms with E-state index in [4.69, 9.17) is 5.14 Å². The molecule has 0 amide bonds. The Kier molecular flexibility index (Phi) is 4.74. The van der Waals surface area contributed by atoms with Crippen LogP contribution in [0.4, 0.5) is 0 Å². The molecular weight excluding hydrogens is 176 g/mol. The van der Waals surface area contributed by atoms with Gasteiger partial charge in [0.1, 0.15) is 0 Å². The van der Waals surface area contributed by atoms with Crippen LogP contribution in [-0.2, 0) is 10.2 Å². The first-order valence-electron chi connectivity index (χ1n) is 4.15. The van der Waals surface area contributed by atoms with Crippen LogP contribution < -0.4 is 9.86 Å². The molecule has 0 aromatic carbocycles. The minimum atomic E-state index is -3.53. The summed E-state index contributed by atoms with van der Waals surface area (Å²) in [4.78, 5) is 0. The third-order valence-corrected chi connectivity index (χ3v) is 2.55. The molecule has 0 fully saturated rings. The molecule has 2 unspecified atom stereocenters. The molecule has 3 N–H and O–H groups in total. The fraction of sp³-hybridized carbons (Fsp3) is 1.00. The maximum Gasteiger partial charge on any atom is 0.274 e. The summed E-state index contributed by atoms with van der Waals surface area (Å²) in [6.45, 7) is 5.98. The van der Waals surface area contributed by atoms with Gasteiger partial charge in [0.25, 0.3) is 10.2 Å². The molecule has 0 aliphatic carbocycles. The van der Waals surface area contributed by atoms with Crippen molar-refractivity contribution in [1.82, 2.24) is 4.72 Å². The van der Waals surface area contributed by atoms with Crippen molar-refractivity contribution in [3.8, 4) is 0 Å².